The van der Waals surface area contributed by atoms with Crippen LogP contribution in [0.15, 0.2) is 11.1 Å². The molecule has 112 valence electrons. The van der Waals surface area contributed by atoms with Crippen molar-refractivity contribution in [3.8, 4) is 0 Å². The van der Waals surface area contributed by atoms with Crippen molar-refractivity contribution in [3.63, 3.8) is 0 Å². The largest absolute Gasteiger partial charge is 0.478 e. The van der Waals surface area contributed by atoms with Gasteiger partial charge in [-0.2, -0.15) is 0 Å². The van der Waals surface area contributed by atoms with E-state index in [1.165, 1.54) is 20.3 Å². The quantitative estimate of drug-likeness (QED) is 0.734. The summed E-state index contributed by atoms with van der Waals surface area (Å²) in [6.07, 6.45) is 3.50. The molecule has 0 unspecified atom stereocenters. The molecule has 6 nitrogen and oxygen atoms in total. The second-order valence-electron chi connectivity index (χ2n) is 5.00. The van der Waals surface area contributed by atoms with Gasteiger partial charge >= 0.3 is 5.97 Å². The van der Waals surface area contributed by atoms with Gasteiger partial charge in [-0.25, -0.2) is 4.79 Å². The summed E-state index contributed by atoms with van der Waals surface area (Å²) in [6, 6.07) is 0. The highest BCUT2D eigenvalue weighted by atomic mass is 16.4. The van der Waals surface area contributed by atoms with Crippen molar-refractivity contribution >= 4 is 17.8 Å². The number of carboxylic acids is 1. The van der Waals surface area contributed by atoms with Gasteiger partial charge in [0.15, 0.2) is 0 Å². The van der Waals surface area contributed by atoms with Gasteiger partial charge in [0, 0.05) is 37.2 Å². The van der Waals surface area contributed by atoms with E-state index in [4.69, 9.17) is 5.11 Å². The molecule has 2 N–H and O–H groups in total. The van der Waals surface area contributed by atoms with E-state index in [0.29, 0.717) is 0 Å². The molecule has 1 heterocycles. The molecule has 6 heteroatoms. The standard InChI is InChI=1S/C14H22N2O4/c1-10(11(2)14(19)20)13(18)15-7-6-12(17)16-8-4-3-5-9-16/h3-9H2,1-2H3,(H,15,18)(H,19,20). The van der Waals surface area contributed by atoms with Gasteiger partial charge < -0.3 is 15.3 Å². The van der Waals surface area contributed by atoms with Crippen LogP contribution in [0.25, 0.3) is 0 Å². The molecule has 0 spiro atoms. The Morgan fingerprint density at radius 2 is 1.65 bits per heavy atom. The number of nitrogens with one attached hydrogen (secondary N) is 1. The lowest BCUT2D eigenvalue weighted by molar-refractivity contribution is -0.133. The molecule has 0 aromatic heterocycles. The molecule has 20 heavy (non-hydrogen) atoms. The van der Waals surface area contributed by atoms with Crippen LogP contribution in [0.4, 0.5) is 0 Å². The molecule has 1 rings (SSSR count). The van der Waals surface area contributed by atoms with Crippen molar-refractivity contribution in [2.45, 2.75) is 39.5 Å². The smallest absolute Gasteiger partial charge is 0.331 e. The summed E-state index contributed by atoms with van der Waals surface area (Å²) >= 11 is 0. The Bertz CT molecular complexity index is 423. The van der Waals surface area contributed by atoms with Crippen molar-refractivity contribution in [1.82, 2.24) is 10.2 Å². The van der Waals surface area contributed by atoms with Crippen LogP contribution in [-0.4, -0.2) is 47.4 Å². The van der Waals surface area contributed by atoms with E-state index in [0.717, 1.165) is 25.9 Å². The van der Waals surface area contributed by atoms with Crippen LogP contribution in [0.1, 0.15) is 39.5 Å². The summed E-state index contributed by atoms with van der Waals surface area (Å²) in [5.74, 6) is -1.50. The molecule has 1 saturated heterocycles. The number of hydrogen-bond acceptors (Lipinski definition) is 3. The monoisotopic (exact) mass is 282 g/mol. The van der Waals surface area contributed by atoms with E-state index in [-0.39, 0.29) is 30.0 Å². The first-order chi connectivity index (χ1) is 9.43. The second-order valence-corrected chi connectivity index (χ2v) is 5.00. The lowest BCUT2D eigenvalue weighted by Gasteiger charge is -2.26. The number of carbonyl (C=O) groups is 3. The average molecular weight is 282 g/mol. The summed E-state index contributed by atoms with van der Waals surface area (Å²) in [7, 11) is 0. The van der Waals surface area contributed by atoms with Crippen LogP contribution in [0.2, 0.25) is 0 Å². The Hall–Kier alpha value is -1.85. The molecular weight excluding hydrogens is 260 g/mol. The number of hydrogen-bond donors (Lipinski definition) is 2. The highest BCUT2D eigenvalue weighted by molar-refractivity contribution is 6.01. The number of likely N-dealkylation sites (tertiary alicyclic amines) is 1. The Labute approximate surface area is 118 Å². The SMILES string of the molecule is CC(C(=O)O)=C(C)C(=O)NCCC(=O)N1CCCCC1. The molecule has 0 bridgehead atoms. The third-order valence-electron chi connectivity index (χ3n) is 3.56. The highest BCUT2D eigenvalue weighted by Gasteiger charge is 2.17. The van der Waals surface area contributed by atoms with Gasteiger partial charge in [0.2, 0.25) is 11.8 Å². The zero-order valence-corrected chi connectivity index (χ0v) is 12.1. The maximum atomic E-state index is 11.9. The van der Waals surface area contributed by atoms with Crippen LogP contribution < -0.4 is 5.32 Å². The van der Waals surface area contributed by atoms with Gasteiger partial charge in [0.25, 0.3) is 0 Å². The molecule has 0 aliphatic carbocycles. The predicted molar refractivity (Wildman–Crippen MR) is 74.1 cm³/mol. The van der Waals surface area contributed by atoms with Crippen LogP contribution in [0.5, 0.6) is 0 Å². The Balaban J connectivity index is 2.36. The van der Waals surface area contributed by atoms with Crippen LogP contribution in [0, 0.1) is 0 Å². The Kier molecular flexibility index (Phi) is 6.21. The van der Waals surface area contributed by atoms with E-state index in [2.05, 4.69) is 5.32 Å². The number of nitrogens with zero attached hydrogens (tertiary/aromatic N) is 1. The van der Waals surface area contributed by atoms with Crippen molar-refractivity contribution in [2.75, 3.05) is 19.6 Å². The first-order valence-corrected chi connectivity index (χ1v) is 6.90. The molecule has 0 aromatic rings. The topological polar surface area (TPSA) is 86.7 Å². The van der Waals surface area contributed by atoms with Crippen molar-refractivity contribution in [3.05, 3.63) is 11.1 Å². The highest BCUT2D eigenvalue weighted by Crippen LogP contribution is 2.09. The van der Waals surface area contributed by atoms with Gasteiger partial charge in [-0.3, -0.25) is 9.59 Å². The Morgan fingerprint density at radius 1 is 1.05 bits per heavy atom. The van der Waals surface area contributed by atoms with Gasteiger partial charge in [-0.1, -0.05) is 0 Å². The van der Waals surface area contributed by atoms with E-state index < -0.39 is 11.9 Å². The third kappa shape index (κ3) is 4.68. The molecule has 0 radical (unpaired) electrons. The lowest BCUT2D eigenvalue weighted by atomic mass is 10.1. The maximum absolute atomic E-state index is 11.9. The van der Waals surface area contributed by atoms with Gasteiger partial charge in [-0.15, -0.1) is 0 Å². The molecule has 1 aliphatic rings. The van der Waals surface area contributed by atoms with E-state index in [1.54, 1.807) is 0 Å². The predicted octanol–water partition coefficient (Wildman–Crippen LogP) is 0.926. The number of rotatable bonds is 5. The fourth-order valence-electron chi connectivity index (χ4n) is 2.05. The zero-order valence-electron chi connectivity index (χ0n) is 12.1. The molecule has 1 aliphatic heterocycles. The number of carbonyl (C=O) groups excluding carboxylic acids is 2. The first-order valence-electron chi connectivity index (χ1n) is 6.90. The average Bonchev–Trinajstić information content (AvgIpc) is 2.46. The van der Waals surface area contributed by atoms with Gasteiger partial charge in [0.1, 0.15) is 0 Å². The van der Waals surface area contributed by atoms with Crippen molar-refractivity contribution < 1.29 is 19.5 Å². The molecular formula is C14H22N2O4. The number of piperidine rings is 1. The lowest BCUT2D eigenvalue weighted by Crippen LogP contribution is -2.38. The first kappa shape index (κ1) is 16.2. The molecule has 1 fully saturated rings. The van der Waals surface area contributed by atoms with Crippen molar-refractivity contribution in [2.24, 2.45) is 0 Å². The fraction of sp³-hybridized carbons (Fsp3) is 0.643. The van der Waals surface area contributed by atoms with Crippen LogP contribution in [-0.2, 0) is 14.4 Å². The number of aliphatic carboxylic acids is 1. The minimum atomic E-state index is -1.11. The van der Waals surface area contributed by atoms with Crippen LogP contribution >= 0.6 is 0 Å². The van der Waals surface area contributed by atoms with E-state index in [9.17, 15) is 14.4 Å². The van der Waals surface area contributed by atoms with Gasteiger partial charge in [0.05, 0.1) is 0 Å². The summed E-state index contributed by atoms with van der Waals surface area (Å²) in [5, 5.41) is 11.4. The maximum Gasteiger partial charge on any atom is 0.331 e. The summed E-state index contributed by atoms with van der Waals surface area (Å²) in [5.41, 5.74) is 0.188. The summed E-state index contributed by atoms with van der Waals surface area (Å²) in [4.78, 5) is 36.1. The fourth-order valence-corrected chi connectivity index (χ4v) is 2.05. The zero-order chi connectivity index (χ0) is 15.1. The molecule has 0 atom stereocenters. The minimum absolute atomic E-state index is 0.0184. The number of carboxylic acid groups (broad SMARTS) is 1. The van der Waals surface area contributed by atoms with Crippen LogP contribution in [0.3, 0.4) is 0 Å². The molecule has 0 aromatic carbocycles. The van der Waals surface area contributed by atoms with Crippen molar-refractivity contribution in [1.29, 1.82) is 0 Å². The summed E-state index contributed by atoms with van der Waals surface area (Å²) < 4.78 is 0. The van der Waals surface area contributed by atoms with E-state index in [1.807, 2.05) is 4.90 Å². The minimum Gasteiger partial charge on any atom is -0.478 e. The van der Waals surface area contributed by atoms with Gasteiger partial charge in [-0.05, 0) is 33.1 Å². The normalized spacial score (nSPS) is 16.4. The second kappa shape index (κ2) is 7.67. The molecule has 0 saturated carbocycles. The third-order valence-corrected chi connectivity index (χ3v) is 3.56. The van der Waals surface area contributed by atoms with E-state index >= 15 is 0 Å². The Morgan fingerprint density at radius 3 is 2.20 bits per heavy atom. The summed E-state index contributed by atoms with van der Waals surface area (Å²) in [6.45, 7) is 4.67. The number of amides is 2. The molecule has 2 amide bonds.